The molecule has 0 amide bonds. The fraction of sp³-hybridized carbons (Fsp3) is 0.438. The number of ether oxygens (including phenoxy) is 1. The molecule has 1 fully saturated rings. The summed E-state index contributed by atoms with van der Waals surface area (Å²) in [7, 11) is 1.73. The Bertz CT molecular complexity index is 649. The molecule has 1 unspecified atom stereocenters. The van der Waals surface area contributed by atoms with Crippen LogP contribution in [0.15, 0.2) is 28.7 Å². The van der Waals surface area contributed by atoms with Crippen molar-refractivity contribution in [1.29, 1.82) is 0 Å². The first-order chi connectivity index (χ1) is 10.2. The molecule has 2 heterocycles. The van der Waals surface area contributed by atoms with Gasteiger partial charge in [0.05, 0.1) is 6.10 Å². The monoisotopic (exact) mass is 289 g/mol. The molecule has 112 valence electrons. The van der Waals surface area contributed by atoms with Crippen LogP contribution in [0.25, 0.3) is 11.0 Å². The predicted octanol–water partition coefficient (Wildman–Crippen LogP) is 2.74. The van der Waals surface area contributed by atoms with Crippen molar-refractivity contribution in [2.45, 2.75) is 25.5 Å². The van der Waals surface area contributed by atoms with Gasteiger partial charge in [-0.05, 0) is 25.5 Å². The van der Waals surface area contributed by atoms with Gasteiger partial charge in [-0.2, -0.15) is 0 Å². The lowest BCUT2D eigenvalue weighted by Gasteiger charge is -2.31. The summed E-state index contributed by atoms with van der Waals surface area (Å²) in [5.74, 6) is -0.961. The van der Waals surface area contributed by atoms with Crippen molar-refractivity contribution >= 4 is 16.9 Å². The molecule has 1 aromatic heterocycles. The first-order valence-corrected chi connectivity index (χ1v) is 7.18. The van der Waals surface area contributed by atoms with Crippen LogP contribution >= 0.6 is 0 Å². The molecule has 1 N–H and O–H groups in total. The number of carboxylic acids is 1. The smallest absolute Gasteiger partial charge is 0.372 e. The number of benzene rings is 1. The van der Waals surface area contributed by atoms with Crippen molar-refractivity contribution in [1.82, 2.24) is 4.90 Å². The van der Waals surface area contributed by atoms with Gasteiger partial charge in [-0.25, -0.2) is 4.79 Å². The molecule has 5 nitrogen and oxygen atoms in total. The van der Waals surface area contributed by atoms with Gasteiger partial charge < -0.3 is 14.3 Å². The third-order valence-electron chi connectivity index (χ3n) is 4.07. The fourth-order valence-corrected chi connectivity index (χ4v) is 3.00. The number of aromatic carboxylic acids is 1. The van der Waals surface area contributed by atoms with Crippen LogP contribution in [0.3, 0.4) is 0 Å². The molecule has 1 saturated heterocycles. The molecule has 0 bridgehead atoms. The van der Waals surface area contributed by atoms with Crippen molar-refractivity contribution in [3.63, 3.8) is 0 Å². The van der Waals surface area contributed by atoms with Gasteiger partial charge >= 0.3 is 5.97 Å². The summed E-state index contributed by atoms with van der Waals surface area (Å²) >= 11 is 0. The lowest BCUT2D eigenvalue weighted by molar-refractivity contribution is 0.0283. The van der Waals surface area contributed by atoms with E-state index in [9.17, 15) is 9.90 Å². The lowest BCUT2D eigenvalue weighted by atomic mass is 10.1. The van der Waals surface area contributed by atoms with Gasteiger partial charge in [0, 0.05) is 31.1 Å². The molecule has 0 saturated carbocycles. The summed E-state index contributed by atoms with van der Waals surface area (Å²) in [6.07, 6.45) is 2.35. The maximum absolute atomic E-state index is 11.4. The van der Waals surface area contributed by atoms with Crippen LogP contribution in [0.4, 0.5) is 0 Å². The molecule has 0 radical (unpaired) electrons. The minimum absolute atomic E-state index is 0.0516. The summed E-state index contributed by atoms with van der Waals surface area (Å²) in [6, 6.07) is 7.47. The van der Waals surface area contributed by atoms with Gasteiger partial charge in [0.25, 0.3) is 0 Å². The van der Waals surface area contributed by atoms with E-state index < -0.39 is 5.97 Å². The van der Waals surface area contributed by atoms with E-state index in [0.29, 0.717) is 12.1 Å². The number of hydrogen-bond acceptors (Lipinski definition) is 4. The number of carbonyl (C=O) groups is 1. The van der Waals surface area contributed by atoms with E-state index in [4.69, 9.17) is 9.15 Å². The van der Waals surface area contributed by atoms with Crippen LogP contribution in [-0.4, -0.2) is 42.3 Å². The zero-order valence-corrected chi connectivity index (χ0v) is 12.0. The zero-order valence-electron chi connectivity index (χ0n) is 12.0. The van der Waals surface area contributed by atoms with Crippen LogP contribution in [-0.2, 0) is 11.3 Å². The summed E-state index contributed by atoms with van der Waals surface area (Å²) in [4.78, 5) is 13.7. The average Bonchev–Trinajstić information content (AvgIpc) is 2.87. The normalized spacial score (nSPS) is 20.0. The Morgan fingerprint density at radius 2 is 2.29 bits per heavy atom. The average molecular weight is 289 g/mol. The van der Waals surface area contributed by atoms with Crippen LogP contribution in [0.2, 0.25) is 0 Å². The number of piperidine rings is 1. The van der Waals surface area contributed by atoms with Gasteiger partial charge in [0.1, 0.15) is 5.58 Å². The Labute approximate surface area is 123 Å². The van der Waals surface area contributed by atoms with E-state index in [0.717, 1.165) is 36.9 Å². The Kier molecular flexibility index (Phi) is 3.94. The highest BCUT2D eigenvalue weighted by Gasteiger charge is 2.25. The molecule has 2 aromatic rings. The number of rotatable bonds is 4. The van der Waals surface area contributed by atoms with Gasteiger partial charge in [-0.3, -0.25) is 4.90 Å². The number of para-hydroxylation sites is 1. The largest absolute Gasteiger partial charge is 0.475 e. The maximum atomic E-state index is 11.4. The van der Waals surface area contributed by atoms with E-state index in [1.807, 2.05) is 18.2 Å². The number of likely N-dealkylation sites (tertiary alicyclic amines) is 1. The molecule has 1 aliphatic heterocycles. The topological polar surface area (TPSA) is 62.9 Å². The highest BCUT2D eigenvalue weighted by molar-refractivity contribution is 5.95. The second-order valence-electron chi connectivity index (χ2n) is 5.45. The van der Waals surface area contributed by atoms with Crippen molar-refractivity contribution in [3.05, 3.63) is 35.6 Å². The number of furan rings is 1. The third-order valence-corrected chi connectivity index (χ3v) is 4.07. The first-order valence-electron chi connectivity index (χ1n) is 7.18. The molecule has 1 aliphatic rings. The number of nitrogens with zero attached hydrogens (tertiary/aromatic N) is 1. The van der Waals surface area contributed by atoms with Crippen molar-refractivity contribution < 1.29 is 19.1 Å². The molecule has 5 heteroatoms. The number of methoxy groups -OCH3 is 1. The van der Waals surface area contributed by atoms with Crippen LogP contribution in [0.1, 0.15) is 29.0 Å². The van der Waals surface area contributed by atoms with E-state index in [-0.39, 0.29) is 11.9 Å². The Morgan fingerprint density at radius 3 is 3.05 bits per heavy atom. The van der Waals surface area contributed by atoms with Crippen molar-refractivity contribution in [2.75, 3.05) is 20.2 Å². The summed E-state index contributed by atoms with van der Waals surface area (Å²) in [6.45, 7) is 2.37. The van der Waals surface area contributed by atoms with Gasteiger partial charge in [0.2, 0.25) is 5.76 Å². The van der Waals surface area contributed by atoms with Gasteiger partial charge in [-0.1, -0.05) is 18.2 Å². The van der Waals surface area contributed by atoms with Crippen LogP contribution in [0, 0.1) is 0 Å². The minimum Gasteiger partial charge on any atom is -0.475 e. The highest BCUT2D eigenvalue weighted by Crippen LogP contribution is 2.28. The van der Waals surface area contributed by atoms with E-state index >= 15 is 0 Å². The van der Waals surface area contributed by atoms with E-state index in [1.165, 1.54) is 0 Å². The van der Waals surface area contributed by atoms with Gasteiger partial charge in [0.15, 0.2) is 0 Å². The number of fused-ring (bicyclic) bond motifs is 1. The number of carboxylic acid groups (broad SMARTS) is 1. The second kappa shape index (κ2) is 5.87. The van der Waals surface area contributed by atoms with Crippen LogP contribution in [0.5, 0.6) is 0 Å². The molecule has 21 heavy (non-hydrogen) atoms. The van der Waals surface area contributed by atoms with Crippen LogP contribution < -0.4 is 0 Å². The Balaban J connectivity index is 1.91. The van der Waals surface area contributed by atoms with Crippen molar-refractivity contribution in [3.8, 4) is 0 Å². The fourth-order valence-electron chi connectivity index (χ4n) is 3.00. The Morgan fingerprint density at radius 1 is 1.48 bits per heavy atom. The zero-order chi connectivity index (χ0) is 14.8. The lowest BCUT2D eigenvalue weighted by Crippen LogP contribution is -2.38. The SMILES string of the molecule is COC1CCCN(Cc2c(C(=O)O)oc3ccccc23)C1. The quantitative estimate of drug-likeness (QED) is 0.937. The van der Waals surface area contributed by atoms with E-state index in [2.05, 4.69) is 4.90 Å². The van der Waals surface area contributed by atoms with Crippen molar-refractivity contribution in [2.24, 2.45) is 0 Å². The molecular formula is C16H19NO4. The summed E-state index contributed by atoms with van der Waals surface area (Å²) in [5.41, 5.74) is 1.39. The third kappa shape index (κ3) is 2.80. The van der Waals surface area contributed by atoms with Gasteiger partial charge in [-0.15, -0.1) is 0 Å². The molecule has 0 spiro atoms. The maximum Gasteiger partial charge on any atom is 0.372 e. The minimum atomic E-state index is -1.01. The highest BCUT2D eigenvalue weighted by atomic mass is 16.5. The molecule has 1 atom stereocenters. The molecule has 3 rings (SSSR count). The summed E-state index contributed by atoms with van der Waals surface area (Å²) in [5, 5.41) is 10.2. The second-order valence-corrected chi connectivity index (χ2v) is 5.45. The first kappa shape index (κ1) is 14.1. The van der Waals surface area contributed by atoms with E-state index in [1.54, 1.807) is 13.2 Å². The predicted molar refractivity (Wildman–Crippen MR) is 78.5 cm³/mol. The molecular weight excluding hydrogens is 270 g/mol. The Hall–Kier alpha value is -1.85. The molecule has 0 aliphatic carbocycles. The molecule has 1 aromatic carbocycles. The summed E-state index contributed by atoms with van der Waals surface area (Å²) < 4.78 is 10.9. The number of hydrogen-bond donors (Lipinski definition) is 1. The standard InChI is InChI=1S/C16H19NO4/c1-20-11-5-4-8-17(9-11)10-13-12-6-2-3-7-14(12)21-15(13)16(18)19/h2-3,6-7,11H,4-5,8-10H2,1H3,(H,18,19).